The lowest BCUT2D eigenvalue weighted by Crippen LogP contribution is -2.46. The average Bonchev–Trinajstić information content (AvgIpc) is 2.90. The van der Waals surface area contributed by atoms with E-state index in [0.29, 0.717) is 11.1 Å². The van der Waals surface area contributed by atoms with E-state index in [9.17, 15) is 24.3 Å². The standard InChI is InChI=1S/C19H15NO6/c1-26-19(25)12-8-6-11(7-9-12)10-15(18(23)24)20-16(21)13-4-2-3-5-14(13)17(20)22/h2-9,15H,10H2,1H3,(H,23,24). The number of methoxy groups -OCH3 is 1. The fraction of sp³-hybridized carbons (Fsp3) is 0.158. The van der Waals surface area contributed by atoms with Crippen LogP contribution in [0.2, 0.25) is 0 Å². The number of imide groups is 1. The fourth-order valence-corrected chi connectivity index (χ4v) is 2.90. The molecule has 2 amide bonds. The fourth-order valence-electron chi connectivity index (χ4n) is 2.90. The normalized spacial score (nSPS) is 14.1. The molecule has 0 spiro atoms. The zero-order valence-corrected chi connectivity index (χ0v) is 13.8. The number of fused-ring (bicyclic) bond motifs is 1. The predicted octanol–water partition coefficient (Wildman–Crippen LogP) is 1.77. The van der Waals surface area contributed by atoms with E-state index in [1.54, 1.807) is 24.3 Å². The van der Waals surface area contributed by atoms with Gasteiger partial charge in [0, 0.05) is 6.42 Å². The minimum absolute atomic E-state index is 0.0672. The molecule has 7 heteroatoms. The van der Waals surface area contributed by atoms with Gasteiger partial charge in [0.2, 0.25) is 0 Å². The van der Waals surface area contributed by atoms with Crippen molar-refractivity contribution < 1.29 is 29.0 Å². The molecule has 0 aromatic heterocycles. The van der Waals surface area contributed by atoms with Crippen LogP contribution in [-0.2, 0) is 16.0 Å². The third-order valence-electron chi connectivity index (χ3n) is 4.23. The van der Waals surface area contributed by atoms with E-state index in [1.807, 2.05) is 0 Å². The van der Waals surface area contributed by atoms with Gasteiger partial charge in [-0.3, -0.25) is 14.5 Å². The van der Waals surface area contributed by atoms with Gasteiger partial charge in [-0.2, -0.15) is 0 Å². The number of ether oxygens (including phenoxy) is 1. The summed E-state index contributed by atoms with van der Waals surface area (Å²) in [6, 6.07) is 11.0. The Morgan fingerprint density at radius 2 is 1.54 bits per heavy atom. The first kappa shape index (κ1) is 17.3. The third kappa shape index (κ3) is 2.95. The van der Waals surface area contributed by atoms with Crippen LogP contribution in [0.5, 0.6) is 0 Å². The van der Waals surface area contributed by atoms with Gasteiger partial charge >= 0.3 is 11.9 Å². The largest absolute Gasteiger partial charge is 0.480 e. The van der Waals surface area contributed by atoms with Crippen LogP contribution in [0.25, 0.3) is 0 Å². The molecule has 26 heavy (non-hydrogen) atoms. The van der Waals surface area contributed by atoms with E-state index in [4.69, 9.17) is 0 Å². The SMILES string of the molecule is COC(=O)c1ccc(CC(C(=O)O)N2C(=O)c3ccccc3C2=O)cc1. The number of aliphatic carboxylic acids is 1. The van der Waals surface area contributed by atoms with Crippen LogP contribution in [-0.4, -0.2) is 46.9 Å². The highest BCUT2D eigenvalue weighted by molar-refractivity contribution is 6.22. The summed E-state index contributed by atoms with van der Waals surface area (Å²) in [5, 5.41) is 9.57. The molecule has 1 heterocycles. The molecule has 0 fully saturated rings. The number of nitrogens with zero attached hydrogens (tertiary/aromatic N) is 1. The number of carboxylic acid groups (broad SMARTS) is 1. The Morgan fingerprint density at radius 1 is 1.00 bits per heavy atom. The van der Waals surface area contributed by atoms with Crippen molar-refractivity contribution in [3.8, 4) is 0 Å². The number of carboxylic acids is 1. The van der Waals surface area contributed by atoms with Crippen molar-refractivity contribution in [3.05, 3.63) is 70.8 Å². The lowest BCUT2D eigenvalue weighted by atomic mass is 10.0. The Balaban J connectivity index is 1.87. The molecule has 1 unspecified atom stereocenters. The maximum atomic E-state index is 12.5. The van der Waals surface area contributed by atoms with E-state index < -0.39 is 29.8 Å². The minimum atomic E-state index is -1.34. The van der Waals surface area contributed by atoms with Crippen LogP contribution in [0.4, 0.5) is 0 Å². The van der Waals surface area contributed by atoms with Gasteiger partial charge in [0.1, 0.15) is 6.04 Å². The molecule has 1 atom stereocenters. The van der Waals surface area contributed by atoms with Crippen molar-refractivity contribution in [2.24, 2.45) is 0 Å². The van der Waals surface area contributed by atoms with E-state index in [1.165, 1.54) is 31.4 Å². The van der Waals surface area contributed by atoms with Gasteiger partial charge in [0.05, 0.1) is 23.8 Å². The van der Waals surface area contributed by atoms with E-state index in [2.05, 4.69) is 4.74 Å². The molecule has 0 saturated heterocycles. The van der Waals surface area contributed by atoms with Gasteiger partial charge in [-0.1, -0.05) is 24.3 Å². The van der Waals surface area contributed by atoms with Gasteiger partial charge in [-0.15, -0.1) is 0 Å². The smallest absolute Gasteiger partial charge is 0.337 e. The Morgan fingerprint density at radius 3 is 2.00 bits per heavy atom. The number of hydrogen-bond acceptors (Lipinski definition) is 5. The Labute approximate surface area is 148 Å². The highest BCUT2D eigenvalue weighted by Crippen LogP contribution is 2.26. The molecule has 7 nitrogen and oxygen atoms in total. The van der Waals surface area contributed by atoms with Crippen molar-refractivity contribution in [2.75, 3.05) is 7.11 Å². The summed E-state index contributed by atoms with van der Waals surface area (Å²) in [6.07, 6.45) is -0.0672. The van der Waals surface area contributed by atoms with Crippen molar-refractivity contribution in [1.82, 2.24) is 4.90 Å². The zero-order valence-electron chi connectivity index (χ0n) is 13.8. The maximum absolute atomic E-state index is 12.5. The molecule has 0 aliphatic carbocycles. The number of benzene rings is 2. The Hall–Kier alpha value is -3.48. The first-order chi connectivity index (χ1) is 12.4. The molecule has 0 saturated carbocycles. The van der Waals surface area contributed by atoms with E-state index in [-0.39, 0.29) is 17.5 Å². The number of amides is 2. The van der Waals surface area contributed by atoms with E-state index in [0.717, 1.165) is 4.90 Å². The molecule has 2 aromatic carbocycles. The van der Waals surface area contributed by atoms with Gasteiger partial charge in [-0.25, -0.2) is 9.59 Å². The van der Waals surface area contributed by atoms with Gasteiger partial charge in [0.15, 0.2) is 0 Å². The number of carbonyl (C=O) groups is 4. The van der Waals surface area contributed by atoms with Crippen molar-refractivity contribution in [3.63, 3.8) is 0 Å². The van der Waals surface area contributed by atoms with Crippen LogP contribution in [0, 0.1) is 0 Å². The monoisotopic (exact) mass is 353 g/mol. The molecule has 0 radical (unpaired) electrons. The quantitative estimate of drug-likeness (QED) is 0.649. The van der Waals surface area contributed by atoms with Gasteiger partial charge in [-0.05, 0) is 29.8 Å². The highest BCUT2D eigenvalue weighted by atomic mass is 16.5. The molecular formula is C19H15NO6. The van der Waals surface area contributed by atoms with Crippen LogP contribution in [0.3, 0.4) is 0 Å². The van der Waals surface area contributed by atoms with Crippen molar-refractivity contribution >= 4 is 23.8 Å². The summed E-state index contributed by atoms with van der Waals surface area (Å²) >= 11 is 0. The Kier molecular flexibility index (Phi) is 4.53. The molecule has 132 valence electrons. The van der Waals surface area contributed by atoms with Crippen LogP contribution >= 0.6 is 0 Å². The summed E-state index contributed by atoms with van der Waals surface area (Å²) in [7, 11) is 1.26. The molecular weight excluding hydrogens is 338 g/mol. The van der Waals surface area contributed by atoms with Crippen LogP contribution < -0.4 is 0 Å². The molecule has 1 N–H and O–H groups in total. The summed E-state index contributed by atoms with van der Waals surface area (Å²) in [4.78, 5) is 49.0. The lowest BCUT2D eigenvalue weighted by molar-refractivity contribution is -0.141. The second-order valence-corrected chi connectivity index (χ2v) is 5.77. The van der Waals surface area contributed by atoms with Crippen LogP contribution in [0.1, 0.15) is 36.6 Å². The lowest BCUT2D eigenvalue weighted by Gasteiger charge is -2.22. The maximum Gasteiger partial charge on any atom is 0.337 e. The number of esters is 1. The van der Waals surface area contributed by atoms with Gasteiger partial charge in [0.25, 0.3) is 11.8 Å². The summed E-state index contributed by atoms with van der Waals surface area (Å²) in [5.74, 6) is -3.03. The summed E-state index contributed by atoms with van der Waals surface area (Å²) < 4.78 is 4.61. The minimum Gasteiger partial charge on any atom is -0.480 e. The summed E-state index contributed by atoms with van der Waals surface area (Å²) in [6.45, 7) is 0. The molecule has 0 bridgehead atoms. The first-order valence-electron chi connectivity index (χ1n) is 7.81. The molecule has 2 aromatic rings. The topological polar surface area (TPSA) is 101 Å². The zero-order chi connectivity index (χ0) is 18.8. The average molecular weight is 353 g/mol. The van der Waals surface area contributed by atoms with Crippen molar-refractivity contribution in [2.45, 2.75) is 12.5 Å². The van der Waals surface area contributed by atoms with Gasteiger partial charge < -0.3 is 9.84 Å². The molecule has 1 aliphatic rings. The number of rotatable bonds is 5. The van der Waals surface area contributed by atoms with Crippen molar-refractivity contribution in [1.29, 1.82) is 0 Å². The third-order valence-corrected chi connectivity index (χ3v) is 4.23. The number of hydrogen-bond donors (Lipinski definition) is 1. The second kappa shape index (κ2) is 6.79. The molecule has 1 aliphatic heterocycles. The number of carbonyl (C=O) groups excluding carboxylic acids is 3. The molecule has 3 rings (SSSR count). The van der Waals surface area contributed by atoms with E-state index >= 15 is 0 Å². The summed E-state index contributed by atoms with van der Waals surface area (Å²) in [5.41, 5.74) is 1.29. The highest BCUT2D eigenvalue weighted by Gasteiger charge is 2.42. The predicted molar refractivity (Wildman–Crippen MR) is 89.9 cm³/mol. The van der Waals surface area contributed by atoms with Crippen LogP contribution in [0.15, 0.2) is 48.5 Å². The first-order valence-corrected chi connectivity index (χ1v) is 7.81. The second-order valence-electron chi connectivity index (χ2n) is 5.77. The Bertz CT molecular complexity index is 868.